The molecule has 0 radical (unpaired) electrons. The zero-order valence-electron chi connectivity index (χ0n) is 10.9. The minimum Gasteiger partial charge on any atom is -0.465 e. The number of ether oxygens (including phenoxy) is 1. The fourth-order valence-corrected chi connectivity index (χ4v) is 1.53. The first-order valence-electron chi connectivity index (χ1n) is 5.93. The number of hydrogen-bond donors (Lipinski definition) is 2. The topological polar surface area (TPSA) is 93.5 Å². The van der Waals surface area contributed by atoms with E-state index in [0.717, 1.165) is 5.56 Å². The lowest BCUT2D eigenvalue weighted by Gasteiger charge is -2.09. The average molecular weight is 297 g/mol. The van der Waals surface area contributed by atoms with Crippen molar-refractivity contribution in [2.24, 2.45) is 0 Å². The maximum absolute atomic E-state index is 11.1. The Morgan fingerprint density at radius 3 is 2.85 bits per heavy atom. The monoisotopic (exact) mass is 297 g/mol. The molecule has 0 aliphatic heterocycles. The smallest absolute Gasteiger partial charge is 0.325 e. The molecule has 0 fully saturated rings. The highest BCUT2D eigenvalue weighted by atomic mass is 32.1. The second-order valence-corrected chi connectivity index (χ2v) is 4.18. The van der Waals surface area contributed by atoms with E-state index in [-0.39, 0.29) is 17.3 Å². The molecule has 1 rings (SSSR count). The molecule has 0 unspecified atom stereocenters. The zero-order valence-corrected chi connectivity index (χ0v) is 11.7. The van der Waals surface area contributed by atoms with Crippen LogP contribution in [0.15, 0.2) is 24.3 Å². The van der Waals surface area contributed by atoms with Gasteiger partial charge in [-0.2, -0.15) is 0 Å². The average Bonchev–Trinajstić information content (AvgIpc) is 2.43. The zero-order chi connectivity index (χ0) is 15.0. The Bertz CT molecular complexity index is 507. The quantitative estimate of drug-likeness (QED) is 0.352. The van der Waals surface area contributed by atoms with Crippen molar-refractivity contribution < 1.29 is 14.5 Å². The van der Waals surface area contributed by atoms with Crippen LogP contribution in [0.5, 0.6) is 0 Å². The van der Waals surface area contributed by atoms with Crippen molar-refractivity contribution in [2.45, 2.75) is 13.5 Å². The third kappa shape index (κ3) is 5.61. The van der Waals surface area contributed by atoms with Gasteiger partial charge in [0.15, 0.2) is 5.11 Å². The standard InChI is InChI=1S/C12H15N3O4S/c1-2-19-11(16)8-14-12(20)13-7-9-4-3-5-10(6-9)15(17)18/h3-6H,2,7-8H2,1H3,(H2,13,14,20). The summed E-state index contributed by atoms with van der Waals surface area (Å²) in [6, 6.07) is 6.22. The molecule has 1 aromatic rings. The van der Waals surface area contributed by atoms with Crippen LogP contribution < -0.4 is 10.6 Å². The van der Waals surface area contributed by atoms with E-state index in [1.54, 1.807) is 19.1 Å². The molecule has 2 N–H and O–H groups in total. The van der Waals surface area contributed by atoms with Gasteiger partial charge in [-0.15, -0.1) is 0 Å². The van der Waals surface area contributed by atoms with E-state index < -0.39 is 10.9 Å². The van der Waals surface area contributed by atoms with Crippen LogP contribution in [0.4, 0.5) is 5.69 Å². The Kier molecular flexibility index (Phi) is 6.38. The summed E-state index contributed by atoms with van der Waals surface area (Å²) in [6.07, 6.45) is 0. The number of esters is 1. The van der Waals surface area contributed by atoms with Gasteiger partial charge in [0, 0.05) is 18.7 Å². The summed E-state index contributed by atoms with van der Waals surface area (Å²) in [5.74, 6) is -0.396. The van der Waals surface area contributed by atoms with E-state index in [1.165, 1.54) is 12.1 Å². The summed E-state index contributed by atoms with van der Waals surface area (Å²) < 4.78 is 4.73. The van der Waals surface area contributed by atoms with Gasteiger partial charge in [-0.25, -0.2) is 0 Å². The highest BCUT2D eigenvalue weighted by Crippen LogP contribution is 2.12. The van der Waals surface area contributed by atoms with Crippen molar-refractivity contribution in [3.05, 3.63) is 39.9 Å². The summed E-state index contributed by atoms with van der Waals surface area (Å²) in [7, 11) is 0. The minimum absolute atomic E-state index is 0.0192. The Morgan fingerprint density at radius 2 is 2.20 bits per heavy atom. The summed E-state index contributed by atoms with van der Waals surface area (Å²) >= 11 is 4.98. The van der Waals surface area contributed by atoms with E-state index in [2.05, 4.69) is 10.6 Å². The van der Waals surface area contributed by atoms with E-state index in [9.17, 15) is 14.9 Å². The Morgan fingerprint density at radius 1 is 1.45 bits per heavy atom. The molecular formula is C12H15N3O4S. The van der Waals surface area contributed by atoms with E-state index in [1.807, 2.05) is 0 Å². The van der Waals surface area contributed by atoms with Gasteiger partial charge in [0.2, 0.25) is 0 Å². The van der Waals surface area contributed by atoms with Gasteiger partial charge in [-0.1, -0.05) is 12.1 Å². The maximum Gasteiger partial charge on any atom is 0.325 e. The van der Waals surface area contributed by atoms with E-state index in [0.29, 0.717) is 13.2 Å². The van der Waals surface area contributed by atoms with Crippen LogP contribution in [-0.4, -0.2) is 29.2 Å². The summed E-state index contributed by atoms with van der Waals surface area (Å²) in [4.78, 5) is 21.3. The molecule has 0 aliphatic carbocycles. The van der Waals surface area contributed by atoms with Crippen LogP contribution in [0.1, 0.15) is 12.5 Å². The Balaban J connectivity index is 2.39. The van der Waals surface area contributed by atoms with Gasteiger partial charge in [-0.05, 0) is 24.7 Å². The molecule has 0 aliphatic rings. The van der Waals surface area contributed by atoms with Crippen molar-refractivity contribution >= 4 is 29.0 Å². The second kappa shape index (κ2) is 8.05. The van der Waals surface area contributed by atoms with Crippen molar-refractivity contribution in [1.29, 1.82) is 0 Å². The lowest BCUT2D eigenvalue weighted by molar-refractivity contribution is -0.384. The van der Waals surface area contributed by atoms with Crippen molar-refractivity contribution in [1.82, 2.24) is 10.6 Å². The normalized spacial score (nSPS) is 9.65. The first-order valence-corrected chi connectivity index (χ1v) is 6.34. The number of hydrogen-bond acceptors (Lipinski definition) is 5. The number of benzene rings is 1. The van der Waals surface area contributed by atoms with Gasteiger partial charge in [0.25, 0.3) is 5.69 Å². The summed E-state index contributed by atoms with van der Waals surface area (Å²) in [5.41, 5.74) is 0.745. The van der Waals surface area contributed by atoms with Crippen LogP contribution in [0.3, 0.4) is 0 Å². The third-order valence-electron chi connectivity index (χ3n) is 2.27. The highest BCUT2D eigenvalue weighted by Gasteiger charge is 2.06. The fourth-order valence-electron chi connectivity index (χ4n) is 1.39. The van der Waals surface area contributed by atoms with E-state index in [4.69, 9.17) is 17.0 Å². The molecule has 20 heavy (non-hydrogen) atoms. The van der Waals surface area contributed by atoms with Crippen molar-refractivity contribution in [2.75, 3.05) is 13.2 Å². The number of nitrogens with one attached hydrogen (secondary N) is 2. The lowest BCUT2D eigenvalue weighted by atomic mass is 10.2. The van der Waals surface area contributed by atoms with Crippen LogP contribution in [-0.2, 0) is 16.1 Å². The maximum atomic E-state index is 11.1. The Hall–Kier alpha value is -2.22. The molecule has 1 aromatic carbocycles. The van der Waals surface area contributed by atoms with Gasteiger partial charge in [0.05, 0.1) is 11.5 Å². The molecule has 108 valence electrons. The Labute approximate surface area is 121 Å². The molecule has 0 saturated heterocycles. The molecule has 0 bridgehead atoms. The molecule has 7 nitrogen and oxygen atoms in total. The molecule has 0 amide bonds. The number of nitro benzene ring substituents is 1. The largest absolute Gasteiger partial charge is 0.465 e. The summed E-state index contributed by atoms with van der Waals surface area (Å²) in [5, 5.41) is 16.4. The number of rotatable bonds is 6. The molecule has 0 heterocycles. The number of carbonyl (C=O) groups is 1. The number of non-ortho nitro benzene ring substituents is 1. The van der Waals surface area contributed by atoms with Crippen LogP contribution in [0, 0.1) is 10.1 Å². The summed E-state index contributed by atoms with van der Waals surface area (Å²) in [6.45, 7) is 2.34. The number of carbonyl (C=O) groups excluding carboxylic acids is 1. The molecule has 0 spiro atoms. The van der Waals surface area contributed by atoms with Crippen LogP contribution in [0.25, 0.3) is 0 Å². The van der Waals surface area contributed by atoms with Crippen molar-refractivity contribution in [3.63, 3.8) is 0 Å². The number of nitrogens with zero attached hydrogens (tertiary/aromatic N) is 1. The molecule has 8 heteroatoms. The predicted molar refractivity (Wildman–Crippen MR) is 77.2 cm³/mol. The highest BCUT2D eigenvalue weighted by molar-refractivity contribution is 7.80. The molecule has 0 saturated carbocycles. The third-order valence-corrected chi connectivity index (χ3v) is 2.56. The fraction of sp³-hybridized carbons (Fsp3) is 0.333. The first-order chi connectivity index (χ1) is 9.52. The molecular weight excluding hydrogens is 282 g/mol. The van der Waals surface area contributed by atoms with Gasteiger partial charge < -0.3 is 15.4 Å². The van der Waals surface area contributed by atoms with Crippen LogP contribution >= 0.6 is 12.2 Å². The van der Waals surface area contributed by atoms with Crippen molar-refractivity contribution in [3.8, 4) is 0 Å². The first kappa shape index (κ1) is 15.8. The van der Waals surface area contributed by atoms with E-state index >= 15 is 0 Å². The molecule has 0 atom stereocenters. The predicted octanol–water partition coefficient (Wildman–Crippen LogP) is 1.12. The number of nitro groups is 1. The van der Waals surface area contributed by atoms with Gasteiger partial charge in [-0.3, -0.25) is 14.9 Å². The molecule has 0 aromatic heterocycles. The SMILES string of the molecule is CCOC(=O)CNC(=S)NCc1cccc([N+](=O)[O-])c1. The minimum atomic E-state index is -0.458. The lowest BCUT2D eigenvalue weighted by Crippen LogP contribution is -2.38. The number of thiocarbonyl (C=S) groups is 1. The van der Waals surface area contributed by atoms with Gasteiger partial charge >= 0.3 is 5.97 Å². The van der Waals surface area contributed by atoms with Crippen LogP contribution in [0.2, 0.25) is 0 Å². The second-order valence-electron chi connectivity index (χ2n) is 3.77. The van der Waals surface area contributed by atoms with Gasteiger partial charge in [0.1, 0.15) is 6.54 Å².